The van der Waals surface area contributed by atoms with Crippen molar-refractivity contribution < 1.29 is 14.3 Å². The molecular weight excluding hydrogens is 258 g/mol. The third-order valence-corrected chi connectivity index (χ3v) is 2.82. The van der Waals surface area contributed by atoms with Crippen LogP contribution in [0.4, 0.5) is 5.69 Å². The molecule has 2 aromatic rings. The van der Waals surface area contributed by atoms with E-state index in [1.807, 2.05) is 13.2 Å². The number of rotatable bonds is 5. The zero-order valence-electron chi connectivity index (χ0n) is 11.5. The van der Waals surface area contributed by atoms with Gasteiger partial charge in [0.25, 0.3) is 0 Å². The second kappa shape index (κ2) is 6.10. The van der Waals surface area contributed by atoms with Crippen LogP contribution in [0.1, 0.15) is 15.9 Å². The summed E-state index contributed by atoms with van der Waals surface area (Å²) in [5.74, 6) is -0.0119. The summed E-state index contributed by atoms with van der Waals surface area (Å²) in [6, 6.07) is 4.86. The number of hydrogen-bond donors (Lipinski definition) is 1. The van der Waals surface area contributed by atoms with Crippen LogP contribution < -0.4 is 10.5 Å². The number of esters is 1. The molecular formula is C14H17N3O3. The third-order valence-electron chi connectivity index (χ3n) is 2.82. The standard InChI is InChI=1S/C14H17N3O3/c1-17-9-10(8-16-17)5-6-20-13-7-11(15)3-4-12(13)14(18)19-2/h3-4,7-9H,5-6,15H2,1-2H3. The number of ether oxygens (including phenoxy) is 2. The Morgan fingerprint density at radius 1 is 1.45 bits per heavy atom. The van der Waals surface area contributed by atoms with Gasteiger partial charge in [0.05, 0.1) is 19.9 Å². The van der Waals surface area contributed by atoms with E-state index < -0.39 is 5.97 Å². The van der Waals surface area contributed by atoms with Gasteiger partial charge in [0.1, 0.15) is 11.3 Å². The lowest BCUT2D eigenvalue weighted by molar-refractivity contribution is 0.0596. The fraction of sp³-hybridized carbons (Fsp3) is 0.286. The molecule has 2 N–H and O–H groups in total. The number of hydrogen-bond acceptors (Lipinski definition) is 5. The summed E-state index contributed by atoms with van der Waals surface area (Å²) in [6.45, 7) is 0.430. The molecule has 106 valence electrons. The smallest absolute Gasteiger partial charge is 0.341 e. The van der Waals surface area contributed by atoms with E-state index in [1.165, 1.54) is 7.11 Å². The lowest BCUT2D eigenvalue weighted by Crippen LogP contribution is -2.08. The summed E-state index contributed by atoms with van der Waals surface area (Å²) in [7, 11) is 3.19. The fourth-order valence-electron chi connectivity index (χ4n) is 1.82. The van der Waals surface area contributed by atoms with Crippen molar-refractivity contribution in [1.82, 2.24) is 9.78 Å². The zero-order valence-corrected chi connectivity index (χ0v) is 11.5. The molecule has 0 aliphatic heterocycles. The summed E-state index contributed by atoms with van der Waals surface area (Å²) in [5, 5.41) is 4.08. The maximum Gasteiger partial charge on any atom is 0.341 e. The zero-order chi connectivity index (χ0) is 14.5. The van der Waals surface area contributed by atoms with Gasteiger partial charge in [0, 0.05) is 31.4 Å². The lowest BCUT2D eigenvalue weighted by atomic mass is 10.2. The monoisotopic (exact) mass is 275 g/mol. The van der Waals surface area contributed by atoms with E-state index in [1.54, 1.807) is 29.1 Å². The first-order chi connectivity index (χ1) is 9.60. The molecule has 1 aromatic heterocycles. The van der Waals surface area contributed by atoms with Crippen LogP contribution in [0.2, 0.25) is 0 Å². The Morgan fingerprint density at radius 3 is 2.90 bits per heavy atom. The number of carbonyl (C=O) groups is 1. The van der Waals surface area contributed by atoms with E-state index in [0.717, 1.165) is 5.56 Å². The van der Waals surface area contributed by atoms with Crippen molar-refractivity contribution in [2.75, 3.05) is 19.5 Å². The molecule has 0 fully saturated rings. The Kier molecular flexibility index (Phi) is 4.24. The number of methoxy groups -OCH3 is 1. The highest BCUT2D eigenvalue weighted by atomic mass is 16.5. The summed E-state index contributed by atoms with van der Waals surface area (Å²) >= 11 is 0. The van der Waals surface area contributed by atoms with Gasteiger partial charge in [-0.15, -0.1) is 0 Å². The Balaban J connectivity index is 2.04. The number of aromatic nitrogens is 2. The maximum absolute atomic E-state index is 11.6. The molecule has 20 heavy (non-hydrogen) atoms. The van der Waals surface area contributed by atoms with Gasteiger partial charge < -0.3 is 15.2 Å². The SMILES string of the molecule is COC(=O)c1ccc(N)cc1OCCc1cnn(C)c1. The van der Waals surface area contributed by atoms with E-state index in [-0.39, 0.29) is 0 Å². The molecule has 0 saturated heterocycles. The van der Waals surface area contributed by atoms with Crippen molar-refractivity contribution in [3.8, 4) is 5.75 Å². The molecule has 0 aliphatic carbocycles. The number of nitrogens with two attached hydrogens (primary N) is 1. The van der Waals surface area contributed by atoms with Crippen molar-refractivity contribution in [1.29, 1.82) is 0 Å². The second-order valence-electron chi connectivity index (χ2n) is 4.37. The molecule has 0 spiro atoms. The molecule has 2 rings (SSSR count). The van der Waals surface area contributed by atoms with Crippen LogP contribution in [0.15, 0.2) is 30.6 Å². The van der Waals surface area contributed by atoms with Crippen molar-refractivity contribution in [3.05, 3.63) is 41.7 Å². The fourth-order valence-corrected chi connectivity index (χ4v) is 1.82. The molecule has 6 nitrogen and oxygen atoms in total. The third kappa shape index (κ3) is 3.28. The van der Waals surface area contributed by atoms with Gasteiger partial charge in [-0.25, -0.2) is 4.79 Å². The number of benzene rings is 1. The van der Waals surface area contributed by atoms with E-state index in [4.69, 9.17) is 15.2 Å². The van der Waals surface area contributed by atoms with E-state index in [2.05, 4.69) is 5.10 Å². The van der Waals surface area contributed by atoms with E-state index in [9.17, 15) is 4.79 Å². The summed E-state index contributed by atoms with van der Waals surface area (Å²) in [6.07, 6.45) is 4.40. The summed E-state index contributed by atoms with van der Waals surface area (Å²) < 4.78 is 12.1. The van der Waals surface area contributed by atoms with Gasteiger partial charge in [0.2, 0.25) is 0 Å². The van der Waals surface area contributed by atoms with E-state index >= 15 is 0 Å². The minimum Gasteiger partial charge on any atom is -0.492 e. The van der Waals surface area contributed by atoms with Gasteiger partial charge in [0.15, 0.2) is 0 Å². The van der Waals surface area contributed by atoms with Crippen molar-refractivity contribution in [3.63, 3.8) is 0 Å². The molecule has 0 saturated carbocycles. The molecule has 6 heteroatoms. The molecule has 0 bridgehead atoms. The number of nitrogen functional groups attached to an aromatic ring is 1. The highest BCUT2D eigenvalue weighted by Crippen LogP contribution is 2.22. The summed E-state index contributed by atoms with van der Waals surface area (Å²) in [5.41, 5.74) is 7.68. The van der Waals surface area contributed by atoms with Crippen LogP contribution in [-0.4, -0.2) is 29.5 Å². The first-order valence-corrected chi connectivity index (χ1v) is 6.18. The maximum atomic E-state index is 11.6. The van der Waals surface area contributed by atoms with Gasteiger partial charge in [-0.1, -0.05) is 0 Å². The van der Waals surface area contributed by atoms with Gasteiger partial charge in [-0.2, -0.15) is 5.10 Å². The molecule has 0 atom stereocenters. The largest absolute Gasteiger partial charge is 0.492 e. The van der Waals surface area contributed by atoms with Crippen LogP contribution in [0.25, 0.3) is 0 Å². The molecule has 0 unspecified atom stereocenters. The van der Waals surface area contributed by atoms with E-state index in [0.29, 0.717) is 30.0 Å². The summed E-state index contributed by atoms with van der Waals surface area (Å²) in [4.78, 5) is 11.6. The molecule has 0 aliphatic rings. The van der Waals surface area contributed by atoms with Crippen molar-refractivity contribution in [2.45, 2.75) is 6.42 Å². The normalized spacial score (nSPS) is 10.3. The van der Waals surface area contributed by atoms with Crippen LogP contribution in [-0.2, 0) is 18.2 Å². The molecule has 1 heterocycles. The van der Waals surface area contributed by atoms with Crippen LogP contribution >= 0.6 is 0 Å². The minimum atomic E-state index is -0.443. The molecule has 0 radical (unpaired) electrons. The lowest BCUT2D eigenvalue weighted by Gasteiger charge is -2.10. The minimum absolute atomic E-state index is 0.368. The average Bonchev–Trinajstić information content (AvgIpc) is 2.84. The molecule has 1 aromatic carbocycles. The Labute approximate surface area is 117 Å². The Hall–Kier alpha value is -2.50. The van der Waals surface area contributed by atoms with Gasteiger partial charge >= 0.3 is 5.97 Å². The van der Waals surface area contributed by atoms with Crippen LogP contribution in [0, 0.1) is 0 Å². The number of nitrogens with zero attached hydrogens (tertiary/aromatic N) is 2. The second-order valence-corrected chi connectivity index (χ2v) is 4.37. The first kappa shape index (κ1) is 13.9. The number of anilines is 1. The quantitative estimate of drug-likeness (QED) is 0.659. The highest BCUT2D eigenvalue weighted by Gasteiger charge is 2.13. The predicted octanol–water partition coefficient (Wildman–Crippen LogP) is 1.41. The Morgan fingerprint density at radius 2 is 2.25 bits per heavy atom. The van der Waals surface area contributed by atoms with Crippen LogP contribution in [0.3, 0.4) is 0 Å². The first-order valence-electron chi connectivity index (χ1n) is 6.18. The topological polar surface area (TPSA) is 79.4 Å². The predicted molar refractivity (Wildman–Crippen MR) is 74.6 cm³/mol. The number of carbonyl (C=O) groups excluding carboxylic acids is 1. The molecule has 0 amide bonds. The van der Waals surface area contributed by atoms with Gasteiger partial charge in [-0.05, 0) is 17.7 Å². The highest BCUT2D eigenvalue weighted by molar-refractivity contribution is 5.93. The van der Waals surface area contributed by atoms with Crippen molar-refractivity contribution >= 4 is 11.7 Å². The van der Waals surface area contributed by atoms with Gasteiger partial charge in [-0.3, -0.25) is 4.68 Å². The van der Waals surface area contributed by atoms with Crippen molar-refractivity contribution in [2.24, 2.45) is 7.05 Å². The average molecular weight is 275 g/mol. The number of aryl methyl sites for hydroxylation is 1. The van der Waals surface area contributed by atoms with Crippen LogP contribution in [0.5, 0.6) is 5.75 Å². The Bertz CT molecular complexity index is 607.